The molecule has 1 heteroatoms. The summed E-state index contributed by atoms with van der Waals surface area (Å²) in [4.78, 5) is 0. The van der Waals surface area contributed by atoms with Crippen molar-refractivity contribution in [3.8, 4) is 0 Å². The van der Waals surface area contributed by atoms with Gasteiger partial charge in [-0.15, -0.1) is 4.05 Å². The average molecular weight is 185 g/mol. The van der Waals surface area contributed by atoms with Crippen LogP contribution in [0.4, 0.5) is 0 Å². The zero-order valence-electron chi connectivity index (χ0n) is 8.21. The molecule has 0 nitrogen and oxygen atoms in total. The summed E-state index contributed by atoms with van der Waals surface area (Å²) in [5, 5.41) is 0. The molecule has 1 aliphatic carbocycles. The average Bonchev–Trinajstić information content (AvgIpc) is 2.21. The third-order valence-electron chi connectivity index (χ3n) is 3.09. The Kier molecular flexibility index (Phi) is 3.68. The van der Waals surface area contributed by atoms with Gasteiger partial charge < -0.3 is 0 Å². The van der Waals surface area contributed by atoms with Crippen molar-refractivity contribution >= 4 is 24.1 Å². The highest BCUT2D eigenvalue weighted by molar-refractivity contribution is 6.54. The largest absolute Gasteiger partial charge is 0.412 e. The van der Waals surface area contributed by atoms with Gasteiger partial charge in [-0.05, 0) is 0 Å². The molecule has 0 N–H and O–H groups in total. The van der Waals surface area contributed by atoms with E-state index in [1.54, 1.807) is 3.69 Å². The van der Waals surface area contributed by atoms with E-state index in [0.29, 0.717) is 0 Å². The van der Waals surface area contributed by atoms with Crippen LogP contribution < -0.4 is 3.69 Å². The lowest BCUT2D eigenvalue weighted by Gasteiger charge is -2.20. The van der Waals surface area contributed by atoms with Crippen LogP contribution in [0.3, 0.4) is 0 Å². The Labute approximate surface area is 90.5 Å². The van der Waals surface area contributed by atoms with Crippen LogP contribution in [0.15, 0.2) is 30.3 Å². The summed E-state index contributed by atoms with van der Waals surface area (Å²) in [6.07, 6.45) is 7.50. The summed E-state index contributed by atoms with van der Waals surface area (Å²) in [5.74, 6) is 0. The first-order valence-electron chi connectivity index (χ1n) is 5.49. The predicted octanol–water partition coefficient (Wildman–Crippen LogP) is 2.77. The quantitative estimate of drug-likeness (QED) is 0.620. The van der Waals surface area contributed by atoms with E-state index in [4.69, 9.17) is 0 Å². The molecule has 0 bridgehead atoms. The Morgan fingerprint density at radius 3 is 2.31 bits per heavy atom. The SMILES string of the molecule is c1cc[c]([Mg][CH]2CCCCC2)cc1. The summed E-state index contributed by atoms with van der Waals surface area (Å²) < 4.78 is 2.77. The molecular weight excluding hydrogens is 168 g/mol. The molecule has 1 saturated carbocycles. The molecule has 0 amide bonds. The Morgan fingerprint density at radius 1 is 0.923 bits per heavy atom. The summed E-state index contributed by atoms with van der Waals surface area (Å²) in [6, 6.07) is 11.1. The topological polar surface area (TPSA) is 0 Å². The van der Waals surface area contributed by atoms with Gasteiger partial charge in [0.1, 0.15) is 0 Å². The summed E-state index contributed by atoms with van der Waals surface area (Å²) in [5.41, 5.74) is 0. The molecule has 1 aromatic carbocycles. The number of benzene rings is 1. The number of hydrogen-bond acceptors (Lipinski definition) is 0. The van der Waals surface area contributed by atoms with Crippen molar-refractivity contribution in [3.05, 3.63) is 30.3 Å². The Hall–Kier alpha value is -0.0138. The van der Waals surface area contributed by atoms with Gasteiger partial charge in [0.2, 0.25) is 0 Å². The van der Waals surface area contributed by atoms with Gasteiger partial charge >= 0.3 is 20.4 Å². The maximum Gasteiger partial charge on any atom is 0.412 e. The van der Waals surface area contributed by atoms with E-state index >= 15 is 0 Å². The minimum absolute atomic E-state index is 0.0428. The lowest BCUT2D eigenvalue weighted by Crippen LogP contribution is -2.20. The van der Waals surface area contributed by atoms with Gasteiger partial charge in [0.25, 0.3) is 0 Å². The van der Waals surface area contributed by atoms with Gasteiger partial charge in [-0.25, -0.2) is 0 Å². The second kappa shape index (κ2) is 5.01. The Balaban J connectivity index is 1.90. The van der Waals surface area contributed by atoms with E-state index in [9.17, 15) is 0 Å². The fourth-order valence-electron chi connectivity index (χ4n) is 2.34. The van der Waals surface area contributed by atoms with Crippen molar-refractivity contribution < 1.29 is 0 Å². The van der Waals surface area contributed by atoms with E-state index in [-0.39, 0.29) is 20.4 Å². The molecule has 1 aliphatic rings. The van der Waals surface area contributed by atoms with Crippen LogP contribution >= 0.6 is 0 Å². The molecule has 2 rings (SSSR count). The zero-order valence-corrected chi connectivity index (χ0v) is 9.62. The highest BCUT2D eigenvalue weighted by Crippen LogP contribution is 2.27. The molecule has 0 heterocycles. The highest BCUT2D eigenvalue weighted by Gasteiger charge is 2.16. The lowest BCUT2D eigenvalue weighted by atomic mass is 10.00. The van der Waals surface area contributed by atoms with E-state index in [0.717, 1.165) is 4.05 Å². The van der Waals surface area contributed by atoms with Crippen LogP contribution in [0.5, 0.6) is 0 Å². The highest BCUT2D eigenvalue weighted by atomic mass is 24.5. The smallest absolute Gasteiger partial charge is 0.173 e. The van der Waals surface area contributed by atoms with Gasteiger partial charge in [0, 0.05) is 0 Å². The first-order chi connectivity index (χ1) is 6.45. The molecule has 0 radical (unpaired) electrons. The normalized spacial score (nSPS) is 18.2. The minimum atomic E-state index is 0.0428. The standard InChI is InChI=1S/C6H11.C6H5.Mg/c2*1-2-4-6-5-3-1;/h1H,2-6H2;1-5H;. The fraction of sp³-hybridized carbons (Fsp3) is 0.500. The molecule has 66 valence electrons. The van der Waals surface area contributed by atoms with Crippen LogP contribution in [-0.2, 0) is 0 Å². The molecule has 1 aromatic rings. The monoisotopic (exact) mass is 184 g/mol. The van der Waals surface area contributed by atoms with Gasteiger partial charge in [-0.2, -0.15) is 3.69 Å². The van der Waals surface area contributed by atoms with Crippen LogP contribution in [0.25, 0.3) is 0 Å². The van der Waals surface area contributed by atoms with Gasteiger partial charge in [0.05, 0.1) is 0 Å². The van der Waals surface area contributed by atoms with Crippen LogP contribution in [-0.4, -0.2) is 20.4 Å². The number of hydrogen-bond donors (Lipinski definition) is 0. The van der Waals surface area contributed by atoms with Crippen molar-refractivity contribution in [3.63, 3.8) is 0 Å². The van der Waals surface area contributed by atoms with Crippen molar-refractivity contribution in [2.24, 2.45) is 0 Å². The third-order valence-corrected chi connectivity index (χ3v) is 5.43. The van der Waals surface area contributed by atoms with Crippen LogP contribution in [0, 0.1) is 0 Å². The first-order valence-corrected chi connectivity index (χ1v) is 7.01. The maximum absolute atomic E-state index is 2.32. The molecule has 0 atom stereocenters. The molecule has 13 heavy (non-hydrogen) atoms. The third kappa shape index (κ3) is 2.99. The van der Waals surface area contributed by atoms with Crippen molar-refractivity contribution in [2.45, 2.75) is 36.2 Å². The van der Waals surface area contributed by atoms with E-state index in [1.807, 2.05) is 0 Å². The van der Waals surface area contributed by atoms with Crippen LogP contribution in [0.1, 0.15) is 32.1 Å². The molecular formula is C12H16Mg. The maximum atomic E-state index is 2.32. The molecule has 1 fully saturated rings. The molecule has 0 aromatic heterocycles. The lowest BCUT2D eigenvalue weighted by molar-refractivity contribution is 0.502. The Morgan fingerprint density at radius 2 is 1.62 bits per heavy atom. The van der Waals surface area contributed by atoms with Crippen molar-refractivity contribution in [1.82, 2.24) is 0 Å². The second-order valence-corrected chi connectivity index (χ2v) is 6.57. The van der Waals surface area contributed by atoms with Crippen molar-refractivity contribution in [2.75, 3.05) is 0 Å². The van der Waals surface area contributed by atoms with Crippen LogP contribution in [0.2, 0.25) is 4.05 Å². The second-order valence-electron chi connectivity index (χ2n) is 4.19. The summed E-state index contributed by atoms with van der Waals surface area (Å²) in [6.45, 7) is 0. The first kappa shape index (κ1) is 9.54. The molecule has 0 saturated heterocycles. The van der Waals surface area contributed by atoms with E-state index in [2.05, 4.69) is 30.3 Å². The van der Waals surface area contributed by atoms with Crippen molar-refractivity contribution in [1.29, 1.82) is 0 Å². The fourth-order valence-corrected chi connectivity index (χ4v) is 4.54. The number of rotatable bonds is 2. The molecule has 0 unspecified atom stereocenters. The summed E-state index contributed by atoms with van der Waals surface area (Å²) >= 11 is 0.0428. The molecule has 0 aliphatic heterocycles. The minimum Gasteiger partial charge on any atom is -0.173 e. The molecule has 0 spiro atoms. The van der Waals surface area contributed by atoms with E-state index < -0.39 is 0 Å². The summed E-state index contributed by atoms with van der Waals surface area (Å²) in [7, 11) is 0. The zero-order chi connectivity index (χ0) is 8.93. The van der Waals surface area contributed by atoms with Gasteiger partial charge in [-0.3, -0.25) is 0 Å². The van der Waals surface area contributed by atoms with Gasteiger partial charge in [0.15, 0.2) is 0 Å². The Bertz CT molecular complexity index is 237. The van der Waals surface area contributed by atoms with Gasteiger partial charge in [-0.1, -0.05) is 62.4 Å². The van der Waals surface area contributed by atoms with E-state index in [1.165, 1.54) is 32.1 Å². The predicted molar refractivity (Wildman–Crippen MR) is 58.7 cm³/mol.